The Morgan fingerprint density at radius 2 is 1.66 bits per heavy atom. The highest BCUT2D eigenvalue weighted by Gasteiger charge is 2.32. The van der Waals surface area contributed by atoms with E-state index in [0.717, 1.165) is 12.6 Å². The molecule has 9 heteroatoms. The Morgan fingerprint density at radius 3 is 2.25 bits per heavy atom. The zero-order chi connectivity index (χ0) is 23.9. The van der Waals surface area contributed by atoms with Crippen LogP contribution in [0.5, 0.6) is 0 Å². The Kier molecular flexibility index (Phi) is 8.77. The molecule has 2 aromatic carbocycles. The van der Waals surface area contributed by atoms with Crippen molar-refractivity contribution < 1.29 is 22.4 Å². The maximum Gasteiger partial charge on any atom is 0.428 e. The van der Waals surface area contributed by atoms with Gasteiger partial charge in [-0.2, -0.15) is 13.2 Å². The Hall–Kier alpha value is -2.94. The van der Waals surface area contributed by atoms with Gasteiger partial charge in [-0.15, -0.1) is 0 Å². The largest absolute Gasteiger partial charge is 0.428 e. The van der Waals surface area contributed by atoms with E-state index in [-0.39, 0.29) is 11.7 Å². The van der Waals surface area contributed by atoms with E-state index in [0.29, 0.717) is 37.3 Å². The van der Waals surface area contributed by atoms with E-state index in [4.69, 9.17) is 5.73 Å². The fraction of sp³-hybridized carbons (Fsp3) is 0.391. The summed E-state index contributed by atoms with van der Waals surface area (Å²) in [6, 6.07) is 12.5. The highest BCUT2D eigenvalue weighted by Crippen LogP contribution is 2.22. The minimum Gasteiger partial charge on any atom is -0.368 e. The number of carbonyl (C=O) groups is 1. The summed E-state index contributed by atoms with van der Waals surface area (Å²) in [7, 11) is 0. The van der Waals surface area contributed by atoms with Crippen LogP contribution in [-0.2, 0) is 0 Å². The number of hydrogen-bond donors (Lipinski definition) is 1. The Morgan fingerprint density at radius 1 is 1.03 bits per heavy atom. The Balaban J connectivity index is 0.00000176. The summed E-state index contributed by atoms with van der Waals surface area (Å²) in [4.78, 5) is 20.0. The van der Waals surface area contributed by atoms with Gasteiger partial charge < -0.3 is 15.5 Å². The average Bonchev–Trinajstić information content (AvgIpc) is 2.79. The van der Waals surface area contributed by atoms with E-state index in [1.54, 1.807) is 23.1 Å². The molecule has 0 aromatic heterocycles. The lowest BCUT2D eigenvalue weighted by Gasteiger charge is -2.36. The highest BCUT2D eigenvalue weighted by molar-refractivity contribution is 5.94. The lowest BCUT2D eigenvalue weighted by atomic mass is 10.1. The molecule has 0 radical (unpaired) electrons. The number of anilines is 1. The summed E-state index contributed by atoms with van der Waals surface area (Å²) in [5.41, 5.74) is 6.17. The summed E-state index contributed by atoms with van der Waals surface area (Å²) < 4.78 is 51.5. The van der Waals surface area contributed by atoms with Crippen LogP contribution in [0.2, 0.25) is 0 Å². The third-order valence-electron chi connectivity index (χ3n) is 4.96. The van der Waals surface area contributed by atoms with Crippen LogP contribution in [0, 0.1) is 5.82 Å². The van der Waals surface area contributed by atoms with Gasteiger partial charge in [-0.05, 0) is 42.8 Å². The van der Waals surface area contributed by atoms with Crippen LogP contribution in [0.1, 0.15) is 42.9 Å². The van der Waals surface area contributed by atoms with Crippen molar-refractivity contribution in [3.8, 4) is 0 Å². The molecule has 1 atom stereocenters. The van der Waals surface area contributed by atoms with Crippen LogP contribution in [0.25, 0.3) is 0 Å². The SMILES string of the molecule is C/C(=N\C(N)c1cccc(C(=O)N2CCN(c3cccc(F)c3)CC2)c1)C(F)(F)F.CC. The van der Waals surface area contributed by atoms with Crippen molar-refractivity contribution in [2.24, 2.45) is 10.7 Å². The molecule has 174 valence electrons. The summed E-state index contributed by atoms with van der Waals surface area (Å²) in [5, 5.41) is 0. The molecule has 0 bridgehead atoms. The number of carbonyl (C=O) groups excluding carboxylic acids is 1. The smallest absolute Gasteiger partial charge is 0.368 e. The van der Waals surface area contributed by atoms with E-state index in [9.17, 15) is 22.4 Å². The first-order valence-electron chi connectivity index (χ1n) is 10.4. The van der Waals surface area contributed by atoms with E-state index in [2.05, 4.69) is 4.99 Å². The van der Waals surface area contributed by atoms with Gasteiger partial charge in [0, 0.05) is 37.4 Å². The summed E-state index contributed by atoms with van der Waals surface area (Å²) in [6.45, 7) is 6.83. The average molecular weight is 452 g/mol. The number of nitrogens with zero attached hydrogens (tertiary/aromatic N) is 3. The van der Waals surface area contributed by atoms with Gasteiger partial charge in [0.05, 0.1) is 0 Å². The predicted octanol–water partition coefficient (Wildman–Crippen LogP) is 4.79. The first-order chi connectivity index (χ1) is 15.1. The Bertz CT molecular complexity index is 938. The van der Waals surface area contributed by atoms with Crippen molar-refractivity contribution in [3.63, 3.8) is 0 Å². The van der Waals surface area contributed by atoms with Crippen LogP contribution in [0.3, 0.4) is 0 Å². The van der Waals surface area contributed by atoms with Crippen LogP contribution in [0.15, 0.2) is 53.5 Å². The molecular weight excluding hydrogens is 424 g/mol. The normalized spacial score (nSPS) is 15.7. The zero-order valence-corrected chi connectivity index (χ0v) is 18.4. The molecule has 1 aliphatic rings. The van der Waals surface area contributed by atoms with Crippen LogP contribution < -0.4 is 10.6 Å². The molecule has 1 saturated heterocycles. The number of piperazine rings is 1. The van der Waals surface area contributed by atoms with Gasteiger partial charge in [-0.3, -0.25) is 9.79 Å². The number of hydrogen-bond acceptors (Lipinski definition) is 4. The van der Waals surface area contributed by atoms with Gasteiger partial charge in [-0.25, -0.2) is 4.39 Å². The van der Waals surface area contributed by atoms with Crippen molar-refractivity contribution >= 4 is 17.3 Å². The quantitative estimate of drug-likeness (QED) is 0.536. The van der Waals surface area contributed by atoms with Gasteiger partial charge in [-0.1, -0.05) is 32.0 Å². The summed E-state index contributed by atoms with van der Waals surface area (Å²) >= 11 is 0. The molecule has 1 fully saturated rings. The molecule has 0 spiro atoms. The van der Waals surface area contributed by atoms with Crippen LogP contribution in [-0.4, -0.2) is 48.9 Å². The van der Waals surface area contributed by atoms with Gasteiger partial charge in [0.2, 0.25) is 0 Å². The first kappa shape index (κ1) is 25.3. The second-order valence-corrected chi connectivity index (χ2v) is 7.04. The maximum absolute atomic E-state index is 13.4. The van der Waals surface area contributed by atoms with Crippen molar-refractivity contribution in [3.05, 3.63) is 65.5 Å². The second kappa shape index (κ2) is 11.1. The molecule has 32 heavy (non-hydrogen) atoms. The fourth-order valence-corrected chi connectivity index (χ4v) is 3.24. The number of alkyl halides is 3. The van der Waals surface area contributed by atoms with Gasteiger partial charge in [0.15, 0.2) is 0 Å². The molecule has 1 unspecified atom stereocenters. The maximum atomic E-state index is 13.4. The molecule has 2 N–H and O–H groups in total. The van der Waals surface area contributed by atoms with E-state index >= 15 is 0 Å². The van der Waals surface area contributed by atoms with E-state index in [1.807, 2.05) is 24.8 Å². The molecule has 2 aromatic rings. The Labute approximate surface area is 185 Å². The first-order valence-corrected chi connectivity index (χ1v) is 10.4. The number of aliphatic imine (C=N–C) groups is 1. The van der Waals surface area contributed by atoms with Crippen molar-refractivity contribution in [1.82, 2.24) is 4.90 Å². The van der Waals surface area contributed by atoms with E-state index in [1.165, 1.54) is 24.3 Å². The highest BCUT2D eigenvalue weighted by atomic mass is 19.4. The minimum absolute atomic E-state index is 0.237. The standard InChI is InChI=1S/C21H22F4N4O.C2H6/c1-14(21(23,24)25)27-19(26)15-4-2-5-16(12-15)20(30)29-10-8-28(9-11-29)18-7-3-6-17(22)13-18;1-2/h2-7,12-13,19H,8-11,26H2,1H3;1-2H3/b27-14+;. The van der Waals surface area contributed by atoms with Gasteiger partial charge in [0.25, 0.3) is 5.91 Å². The molecule has 0 saturated carbocycles. The van der Waals surface area contributed by atoms with E-state index < -0.39 is 18.1 Å². The summed E-state index contributed by atoms with van der Waals surface area (Å²) in [5.74, 6) is -0.554. The molecule has 1 aliphatic heterocycles. The molecule has 3 rings (SSSR count). The monoisotopic (exact) mass is 452 g/mol. The molecule has 1 amide bonds. The number of halogens is 4. The third-order valence-corrected chi connectivity index (χ3v) is 4.96. The topological polar surface area (TPSA) is 61.9 Å². The lowest BCUT2D eigenvalue weighted by Crippen LogP contribution is -2.48. The van der Waals surface area contributed by atoms with Crippen LogP contribution >= 0.6 is 0 Å². The number of amides is 1. The second-order valence-electron chi connectivity index (χ2n) is 7.04. The van der Waals surface area contributed by atoms with Gasteiger partial charge in [0.1, 0.15) is 17.7 Å². The predicted molar refractivity (Wildman–Crippen MR) is 118 cm³/mol. The lowest BCUT2D eigenvalue weighted by molar-refractivity contribution is -0.0596. The van der Waals surface area contributed by atoms with Crippen molar-refractivity contribution in [2.45, 2.75) is 33.1 Å². The number of benzene rings is 2. The molecule has 5 nitrogen and oxygen atoms in total. The number of nitrogens with two attached hydrogens (primary N) is 1. The third kappa shape index (κ3) is 6.53. The zero-order valence-electron chi connectivity index (χ0n) is 18.4. The van der Waals surface area contributed by atoms with Gasteiger partial charge >= 0.3 is 6.18 Å². The number of rotatable bonds is 4. The summed E-state index contributed by atoms with van der Waals surface area (Å²) in [6.07, 6.45) is -5.77. The van der Waals surface area contributed by atoms with Crippen molar-refractivity contribution in [1.29, 1.82) is 0 Å². The van der Waals surface area contributed by atoms with Crippen LogP contribution in [0.4, 0.5) is 23.2 Å². The fourth-order valence-electron chi connectivity index (χ4n) is 3.24. The molecule has 0 aliphatic carbocycles. The minimum atomic E-state index is -4.55. The molecular formula is C23H28F4N4O. The van der Waals surface area contributed by atoms with Crippen molar-refractivity contribution in [2.75, 3.05) is 31.1 Å². The molecule has 1 heterocycles.